The molecule has 3 nitrogen and oxygen atoms in total. The molecule has 0 atom stereocenters. The predicted octanol–water partition coefficient (Wildman–Crippen LogP) is 2.87. The minimum atomic E-state index is -0.719. The summed E-state index contributed by atoms with van der Waals surface area (Å²) in [6.45, 7) is 3.39. The molecule has 13 heavy (non-hydrogen) atoms. The van der Waals surface area contributed by atoms with E-state index >= 15 is 0 Å². The van der Waals surface area contributed by atoms with Crippen LogP contribution in [0.1, 0.15) is 44.9 Å². The molecule has 0 saturated heterocycles. The largest absolute Gasteiger partial charge is 0.513 e. The number of aliphatic hydroxyl groups is 1. The maximum atomic E-state index is 10.1. The average molecular weight is 186 g/mol. The van der Waals surface area contributed by atoms with Gasteiger partial charge in [-0.05, 0) is 12.8 Å². The number of allylic oxidation sites excluding steroid dienone is 1. The molecule has 3 heteroatoms. The van der Waals surface area contributed by atoms with Gasteiger partial charge in [0, 0.05) is 12.8 Å². The lowest BCUT2D eigenvalue weighted by molar-refractivity contribution is -0.137. The molecule has 0 amide bonds. The number of hydrogen-bond acceptors (Lipinski definition) is 2. The van der Waals surface area contributed by atoms with Gasteiger partial charge in [-0.3, -0.25) is 4.79 Å². The Morgan fingerprint density at radius 3 is 1.85 bits per heavy atom. The van der Waals surface area contributed by atoms with Crippen LogP contribution >= 0.6 is 0 Å². The molecule has 0 heterocycles. The molecule has 0 spiro atoms. The highest BCUT2D eigenvalue weighted by Crippen LogP contribution is 2.09. The Kier molecular flexibility index (Phi) is 7.07. The van der Waals surface area contributed by atoms with Crippen LogP contribution in [0, 0.1) is 0 Å². The Morgan fingerprint density at radius 1 is 0.923 bits per heavy atom. The summed E-state index contributed by atoms with van der Waals surface area (Å²) < 4.78 is 0. The zero-order valence-corrected chi connectivity index (χ0v) is 7.96. The SMILES string of the molecule is C=C(O)CCCCCCCC(=O)O. The molecule has 0 unspecified atom stereocenters. The maximum absolute atomic E-state index is 10.1. The van der Waals surface area contributed by atoms with Crippen molar-refractivity contribution >= 4 is 5.97 Å². The Morgan fingerprint density at radius 2 is 1.38 bits per heavy atom. The predicted molar refractivity (Wildman–Crippen MR) is 51.7 cm³/mol. The molecular weight excluding hydrogens is 168 g/mol. The monoisotopic (exact) mass is 186 g/mol. The lowest BCUT2D eigenvalue weighted by Crippen LogP contribution is -1.93. The highest BCUT2D eigenvalue weighted by molar-refractivity contribution is 5.66. The van der Waals surface area contributed by atoms with Crippen LogP contribution in [0.3, 0.4) is 0 Å². The number of unbranched alkanes of at least 4 members (excludes halogenated alkanes) is 4. The number of carboxylic acids is 1. The van der Waals surface area contributed by atoms with E-state index in [1.54, 1.807) is 0 Å². The molecule has 0 aliphatic rings. The second-order valence-corrected chi connectivity index (χ2v) is 3.23. The zero-order valence-electron chi connectivity index (χ0n) is 7.96. The van der Waals surface area contributed by atoms with Crippen molar-refractivity contribution in [1.29, 1.82) is 0 Å². The molecule has 2 N–H and O–H groups in total. The lowest BCUT2D eigenvalue weighted by Gasteiger charge is -1.99. The average Bonchev–Trinajstić information content (AvgIpc) is 2.01. The van der Waals surface area contributed by atoms with Crippen molar-refractivity contribution in [2.24, 2.45) is 0 Å². The molecule has 0 saturated carbocycles. The van der Waals surface area contributed by atoms with Gasteiger partial charge in [-0.25, -0.2) is 0 Å². The summed E-state index contributed by atoms with van der Waals surface area (Å²) in [5.74, 6) is -0.478. The second-order valence-electron chi connectivity index (χ2n) is 3.23. The zero-order chi connectivity index (χ0) is 10.1. The van der Waals surface area contributed by atoms with E-state index in [0.717, 1.165) is 32.1 Å². The third-order valence-electron chi connectivity index (χ3n) is 1.86. The summed E-state index contributed by atoms with van der Waals surface area (Å²) in [5, 5.41) is 17.1. The van der Waals surface area contributed by atoms with Crippen LogP contribution in [0.25, 0.3) is 0 Å². The van der Waals surface area contributed by atoms with Gasteiger partial charge in [0.15, 0.2) is 0 Å². The van der Waals surface area contributed by atoms with Gasteiger partial charge in [0.2, 0.25) is 0 Å². The molecule has 0 aliphatic heterocycles. The number of hydrogen-bond donors (Lipinski definition) is 2. The van der Waals surface area contributed by atoms with E-state index in [4.69, 9.17) is 10.2 Å². The smallest absolute Gasteiger partial charge is 0.303 e. The Hall–Kier alpha value is -0.990. The van der Waals surface area contributed by atoms with Gasteiger partial charge in [0.25, 0.3) is 0 Å². The van der Waals surface area contributed by atoms with Crippen molar-refractivity contribution in [1.82, 2.24) is 0 Å². The summed E-state index contributed by atoms with van der Waals surface area (Å²) in [7, 11) is 0. The van der Waals surface area contributed by atoms with Crippen molar-refractivity contribution in [3.8, 4) is 0 Å². The van der Waals surface area contributed by atoms with Crippen molar-refractivity contribution in [3.63, 3.8) is 0 Å². The summed E-state index contributed by atoms with van der Waals surface area (Å²) in [6, 6.07) is 0. The fourth-order valence-corrected chi connectivity index (χ4v) is 1.14. The standard InChI is InChI=1S/C10H18O3/c1-9(11)7-5-3-2-4-6-8-10(12)13/h11H,1-8H2,(H,12,13). The van der Waals surface area contributed by atoms with Crippen LogP contribution < -0.4 is 0 Å². The van der Waals surface area contributed by atoms with E-state index < -0.39 is 5.97 Å². The minimum absolute atomic E-state index is 0.241. The van der Waals surface area contributed by atoms with Crippen molar-refractivity contribution < 1.29 is 15.0 Å². The normalized spacial score (nSPS) is 9.85. The topological polar surface area (TPSA) is 57.5 Å². The first-order valence-corrected chi connectivity index (χ1v) is 4.71. The van der Waals surface area contributed by atoms with Crippen LogP contribution in [0.5, 0.6) is 0 Å². The highest BCUT2D eigenvalue weighted by Gasteiger charge is 1.96. The summed E-state index contributed by atoms with van der Waals surface area (Å²) >= 11 is 0. The van der Waals surface area contributed by atoms with Crippen LogP contribution in [0.4, 0.5) is 0 Å². The van der Waals surface area contributed by atoms with E-state index in [1.165, 1.54) is 0 Å². The van der Waals surface area contributed by atoms with Gasteiger partial charge in [-0.15, -0.1) is 0 Å². The van der Waals surface area contributed by atoms with Crippen molar-refractivity contribution in [3.05, 3.63) is 12.3 Å². The molecule has 0 bridgehead atoms. The van der Waals surface area contributed by atoms with Gasteiger partial charge in [-0.2, -0.15) is 0 Å². The van der Waals surface area contributed by atoms with Crippen molar-refractivity contribution in [2.45, 2.75) is 44.9 Å². The molecule has 0 aromatic heterocycles. The third kappa shape index (κ3) is 11.0. The van der Waals surface area contributed by atoms with Crippen LogP contribution in [-0.4, -0.2) is 16.2 Å². The van der Waals surface area contributed by atoms with E-state index in [9.17, 15) is 4.79 Å². The number of carboxylic acid groups (broad SMARTS) is 1. The molecule has 0 aromatic carbocycles. The van der Waals surface area contributed by atoms with Crippen LogP contribution in [0.15, 0.2) is 12.3 Å². The third-order valence-corrected chi connectivity index (χ3v) is 1.86. The number of rotatable bonds is 8. The maximum Gasteiger partial charge on any atom is 0.303 e. The summed E-state index contributed by atoms with van der Waals surface area (Å²) in [5.41, 5.74) is 0. The fourth-order valence-electron chi connectivity index (χ4n) is 1.14. The van der Waals surface area contributed by atoms with E-state index in [-0.39, 0.29) is 12.2 Å². The molecule has 0 fully saturated rings. The molecule has 0 aliphatic carbocycles. The molecule has 0 aromatic rings. The number of carbonyl (C=O) groups is 1. The van der Waals surface area contributed by atoms with Crippen LogP contribution in [0.2, 0.25) is 0 Å². The molecule has 0 rings (SSSR count). The summed E-state index contributed by atoms with van der Waals surface area (Å²) in [4.78, 5) is 10.1. The van der Waals surface area contributed by atoms with Gasteiger partial charge in [0.05, 0.1) is 5.76 Å². The minimum Gasteiger partial charge on any atom is -0.513 e. The fraction of sp³-hybridized carbons (Fsp3) is 0.700. The summed E-state index contributed by atoms with van der Waals surface area (Å²) in [6.07, 6.45) is 5.69. The quantitative estimate of drug-likeness (QED) is 0.452. The molecule has 76 valence electrons. The van der Waals surface area contributed by atoms with Crippen LogP contribution in [-0.2, 0) is 4.79 Å². The number of aliphatic carboxylic acids is 1. The van der Waals surface area contributed by atoms with Gasteiger partial charge >= 0.3 is 5.97 Å². The van der Waals surface area contributed by atoms with E-state index in [2.05, 4.69) is 6.58 Å². The highest BCUT2D eigenvalue weighted by atomic mass is 16.4. The molecule has 0 radical (unpaired) electrons. The Balaban J connectivity index is 3.00. The van der Waals surface area contributed by atoms with Crippen molar-refractivity contribution in [2.75, 3.05) is 0 Å². The Labute approximate surface area is 79.1 Å². The molecular formula is C10H18O3. The van der Waals surface area contributed by atoms with Gasteiger partial charge in [0.1, 0.15) is 0 Å². The van der Waals surface area contributed by atoms with Gasteiger partial charge in [-0.1, -0.05) is 25.8 Å². The first-order valence-electron chi connectivity index (χ1n) is 4.71. The van der Waals surface area contributed by atoms with E-state index in [0.29, 0.717) is 6.42 Å². The first kappa shape index (κ1) is 12.0. The Bertz CT molecular complexity index is 146. The van der Waals surface area contributed by atoms with Gasteiger partial charge < -0.3 is 10.2 Å². The van der Waals surface area contributed by atoms with E-state index in [1.807, 2.05) is 0 Å². The number of aliphatic hydroxyl groups excluding tert-OH is 1. The first-order chi connectivity index (χ1) is 6.13. The lowest BCUT2D eigenvalue weighted by atomic mass is 10.1. The second kappa shape index (κ2) is 7.65.